The summed E-state index contributed by atoms with van der Waals surface area (Å²) in [6.07, 6.45) is 0. The van der Waals surface area contributed by atoms with Gasteiger partial charge in [-0.2, -0.15) is 0 Å². The highest BCUT2D eigenvalue weighted by atomic mass is 16.5. The van der Waals surface area contributed by atoms with Crippen molar-refractivity contribution >= 4 is 23.0 Å². The number of carbonyl (C=O) groups is 1. The third-order valence-corrected chi connectivity index (χ3v) is 3.46. The summed E-state index contributed by atoms with van der Waals surface area (Å²) in [5.74, 6) is -0.385. The molecule has 0 aliphatic rings. The Morgan fingerprint density at radius 3 is 2.52 bits per heavy atom. The van der Waals surface area contributed by atoms with Crippen LogP contribution in [-0.2, 0) is 4.74 Å². The van der Waals surface area contributed by atoms with Gasteiger partial charge in [-0.25, -0.2) is 4.79 Å². The van der Waals surface area contributed by atoms with Crippen molar-refractivity contribution in [1.29, 1.82) is 0 Å². The average Bonchev–Trinajstić information content (AvgIpc) is 2.50. The molecule has 2 rings (SSSR count). The molecule has 0 aliphatic heterocycles. The van der Waals surface area contributed by atoms with E-state index in [1.54, 1.807) is 18.2 Å². The molecule has 0 aromatic heterocycles. The Morgan fingerprint density at radius 2 is 1.90 bits per heavy atom. The summed E-state index contributed by atoms with van der Waals surface area (Å²) >= 11 is 0. The van der Waals surface area contributed by atoms with E-state index in [1.807, 2.05) is 43.0 Å². The molecule has 0 saturated carbocycles. The van der Waals surface area contributed by atoms with Crippen molar-refractivity contribution in [3.8, 4) is 0 Å². The number of hydrogen-bond acceptors (Lipinski definition) is 4. The number of nitrogens with zero attached hydrogens (tertiary/aromatic N) is 1. The van der Waals surface area contributed by atoms with Crippen molar-refractivity contribution in [1.82, 2.24) is 0 Å². The van der Waals surface area contributed by atoms with Crippen LogP contribution >= 0.6 is 0 Å². The molecule has 0 spiro atoms. The first-order valence-electron chi connectivity index (χ1n) is 6.90. The molecule has 0 amide bonds. The highest BCUT2D eigenvalue weighted by Gasteiger charge is 2.20. The Morgan fingerprint density at radius 1 is 1.19 bits per heavy atom. The summed E-state index contributed by atoms with van der Waals surface area (Å²) in [5, 5.41) is 0. The van der Waals surface area contributed by atoms with Crippen LogP contribution < -0.4 is 10.6 Å². The molecule has 0 atom stereocenters. The number of nitrogen functional groups attached to an aromatic ring is 1. The summed E-state index contributed by atoms with van der Waals surface area (Å²) < 4.78 is 4.87. The van der Waals surface area contributed by atoms with Crippen LogP contribution in [0.4, 0.5) is 17.1 Å². The number of aryl methyl sites for hydroxylation is 1. The average molecular weight is 284 g/mol. The number of hydrogen-bond donors (Lipinski definition) is 1. The van der Waals surface area contributed by atoms with Gasteiger partial charge < -0.3 is 15.4 Å². The molecule has 4 nitrogen and oxygen atoms in total. The quantitative estimate of drug-likeness (QED) is 0.689. The lowest BCUT2D eigenvalue weighted by molar-refractivity contribution is 0.0601. The van der Waals surface area contributed by atoms with E-state index in [9.17, 15) is 4.79 Å². The van der Waals surface area contributed by atoms with Crippen LogP contribution in [0.1, 0.15) is 22.8 Å². The monoisotopic (exact) mass is 284 g/mol. The minimum atomic E-state index is -0.385. The summed E-state index contributed by atoms with van der Waals surface area (Å²) in [6.45, 7) is 4.76. The van der Waals surface area contributed by atoms with E-state index >= 15 is 0 Å². The lowest BCUT2D eigenvalue weighted by atomic mass is 10.1. The Bertz CT molecular complexity index is 653. The zero-order valence-electron chi connectivity index (χ0n) is 12.6. The van der Waals surface area contributed by atoms with E-state index in [-0.39, 0.29) is 5.97 Å². The predicted molar refractivity (Wildman–Crippen MR) is 86.1 cm³/mol. The summed E-state index contributed by atoms with van der Waals surface area (Å²) in [4.78, 5) is 14.1. The maximum atomic E-state index is 12.0. The molecule has 110 valence electrons. The molecule has 21 heavy (non-hydrogen) atoms. The van der Waals surface area contributed by atoms with E-state index in [2.05, 4.69) is 0 Å². The fourth-order valence-electron chi connectivity index (χ4n) is 2.45. The second kappa shape index (κ2) is 6.31. The lowest BCUT2D eigenvalue weighted by Gasteiger charge is -2.28. The van der Waals surface area contributed by atoms with E-state index in [0.29, 0.717) is 23.5 Å². The predicted octanol–water partition coefficient (Wildman–Crippen LogP) is 3.52. The van der Waals surface area contributed by atoms with E-state index < -0.39 is 0 Å². The first-order chi connectivity index (χ1) is 10.1. The number of rotatable bonds is 4. The number of benzene rings is 2. The van der Waals surface area contributed by atoms with Crippen LogP contribution in [0, 0.1) is 6.92 Å². The fourth-order valence-corrected chi connectivity index (χ4v) is 2.45. The van der Waals surface area contributed by atoms with Crippen LogP contribution in [0.5, 0.6) is 0 Å². The van der Waals surface area contributed by atoms with Gasteiger partial charge in [0, 0.05) is 12.2 Å². The van der Waals surface area contributed by atoms with Crippen molar-refractivity contribution in [2.24, 2.45) is 0 Å². The molecule has 4 heteroatoms. The summed E-state index contributed by atoms with van der Waals surface area (Å²) in [7, 11) is 1.37. The van der Waals surface area contributed by atoms with Gasteiger partial charge in [-0.15, -0.1) is 0 Å². The summed E-state index contributed by atoms with van der Waals surface area (Å²) in [5.41, 5.74) is 10.0. The van der Waals surface area contributed by atoms with Crippen molar-refractivity contribution in [2.45, 2.75) is 13.8 Å². The zero-order chi connectivity index (χ0) is 15.4. The maximum Gasteiger partial charge on any atom is 0.340 e. The third-order valence-electron chi connectivity index (χ3n) is 3.46. The molecule has 0 radical (unpaired) electrons. The largest absolute Gasteiger partial charge is 0.465 e. The molecular weight excluding hydrogens is 264 g/mol. The minimum absolute atomic E-state index is 0.385. The van der Waals surface area contributed by atoms with E-state index in [0.717, 1.165) is 11.3 Å². The molecular formula is C17H20N2O2. The first kappa shape index (κ1) is 14.9. The number of anilines is 3. The number of carbonyl (C=O) groups excluding carboxylic acids is 1. The van der Waals surface area contributed by atoms with Gasteiger partial charge in [-0.3, -0.25) is 0 Å². The highest BCUT2D eigenvalue weighted by molar-refractivity contribution is 6.00. The molecule has 2 N–H and O–H groups in total. The number of esters is 1. The van der Waals surface area contributed by atoms with Crippen molar-refractivity contribution in [3.63, 3.8) is 0 Å². The van der Waals surface area contributed by atoms with Gasteiger partial charge >= 0.3 is 5.97 Å². The molecule has 0 heterocycles. The van der Waals surface area contributed by atoms with Gasteiger partial charge in [0.15, 0.2) is 0 Å². The van der Waals surface area contributed by atoms with Crippen molar-refractivity contribution < 1.29 is 9.53 Å². The number of methoxy groups -OCH3 is 1. The van der Waals surface area contributed by atoms with Crippen LogP contribution in [0.15, 0.2) is 42.5 Å². The van der Waals surface area contributed by atoms with Crippen LogP contribution in [-0.4, -0.2) is 19.6 Å². The molecule has 0 unspecified atom stereocenters. The van der Waals surface area contributed by atoms with Gasteiger partial charge in [-0.05, 0) is 37.6 Å². The van der Waals surface area contributed by atoms with Crippen LogP contribution in [0.25, 0.3) is 0 Å². The normalized spacial score (nSPS) is 10.2. The second-order valence-corrected chi connectivity index (χ2v) is 4.77. The van der Waals surface area contributed by atoms with E-state index in [1.165, 1.54) is 7.11 Å². The van der Waals surface area contributed by atoms with Gasteiger partial charge in [0.1, 0.15) is 0 Å². The third kappa shape index (κ3) is 2.84. The maximum absolute atomic E-state index is 12.0. The summed E-state index contributed by atoms with van der Waals surface area (Å²) in [6, 6.07) is 13.3. The number of ether oxygens (including phenoxy) is 1. The number of para-hydroxylation sites is 2. The topological polar surface area (TPSA) is 55.6 Å². The molecule has 2 aromatic carbocycles. The SMILES string of the molecule is CCN(c1ccccc1C)c1c(N)cccc1C(=O)OC. The Balaban J connectivity index is 2.63. The highest BCUT2D eigenvalue weighted by Crippen LogP contribution is 2.35. The molecule has 2 aromatic rings. The van der Waals surface area contributed by atoms with Gasteiger partial charge in [0.05, 0.1) is 24.0 Å². The fraction of sp³-hybridized carbons (Fsp3) is 0.235. The molecule has 0 saturated heterocycles. The van der Waals surface area contributed by atoms with Crippen LogP contribution in [0.2, 0.25) is 0 Å². The molecule has 0 aliphatic carbocycles. The van der Waals surface area contributed by atoms with Crippen molar-refractivity contribution in [2.75, 3.05) is 24.3 Å². The van der Waals surface area contributed by atoms with Gasteiger partial charge in [0.2, 0.25) is 0 Å². The van der Waals surface area contributed by atoms with E-state index in [4.69, 9.17) is 10.5 Å². The first-order valence-corrected chi connectivity index (χ1v) is 6.90. The second-order valence-electron chi connectivity index (χ2n) is 4.77. The van der Waals surface area contributed by atoms with Crippen molar-refractivity contribution in [3.05, 3.63) is 53.6 Å². The standard InChI is InChI=1S/C17H20N2O2/c1-4-19(15-11-6-5-8-12(15)2)16-13(17(20)21-3)9-7-10-14(16)18/h5-11H,4,18H2,1-3H3. The lowest BCUT2D eigenvalue weighted by Crippen LogP contribution is -2.22. The Labute approximate surface area is 125 Å². The minimum Gasteiger partial charge on any atom is -0.465 e. The molecule has 0 fully saturated rings. The number of nitrogens with two attached hydrogens (primary N) is 1. The Kier molecular flexibility index (Phi) is 4.48. The van der Waals surface area contributed by atoms with Gasteiger partial charge in [-0.1, -0.05) is 24.3 Å². The molecule has 0 bridgehead atoms. The van der Waals surface area contributed by atoms with Gasteiger partial charge in [0.25, 0.3) is 0 Å². The zero-order valence-corrected chi connectivity index (χ0v) is 12.6. The Hall–Kier alpha value is -2.49. The van der Waals surface area contributed by atoms with Crippen LogP contribution in [0.3, 0.4) is 0 Å². The smallest absolute Gasteiger partial charge is 0.340 e.